The fraction of sp³-hybridized carbons (Fsp3) is 0.409. The summed E-state index contributed by atoms with van der Waals surface area (Å²) in [6.45, 7) is 9.75. The van der Waals surface area contributed by atoms with Crippen LogP contribution in [0.3, 0.4) is 0 Å². The van der Waals surface area contributed by atoms with Gasteiger partial charge in [-0.15, -0.1) is 5.11 Å². The van der Waals surface area contributed by atoms with Crippen molar-refractivity contribution in [2.24, 2.45) is 10.2 Å². The molecule has 8 nitrogen and oxygen atoms in total. The van der Waals surface area contributed by atoms with E-state index in [1.54, 1.807) is 39.0 Å². The van der Waals surface area contributed by atoms with Crippen molar-refractivity contribution in [3.63, 3.8) is 0 Å². The fourth-order valence-corrected chi connectivity index (χ4v) is 3.89. The largest absolute Gasteiger partial charge is 0.400 e. The minimum Gasteiger partial charge on any atom is -0.369 e. The zero-order valence-corrected chi connectivity index (χ0v) is 20.4. The SMILES string of the molecule is CCN(CCOS(=O)(=O)OC(C)(C)C)c1ccc(N=Nc2cc(Cl)ccc2C#N)c(C)c1. The molecule has 0 spiro atoms. The molecule has 0 aliphatic heterocycles. The van der Waals surface area contributed by atoms with Gasteiger partial charge in [-0.25, -0.2) is 8.37 Å². The van der Waals surface area contributed by atoms with Crippen molar-refractivity contribution in [3.05, 3.63) is 52.5 Å². The van der Waals surface area contributed by atoms with Crippen LogP contribution in [0.2, 0.25) is 5.02 Å². The molecule has 0 N–H and O–H groups in total. The minimum absolute atomic E-state index is 0.0432. The summed E-state index contributed by atoms with van der Waals surface area (Å²) in [4.78, 5) is 1.98. The number of azo groups is 1. The second kappa shape index (κ2) is 10.9. The van der Waals surface area contributed by atoms with E-state index in [1.165, 1.54) is 0 Å². The molecular weight excluding hydrogens is 452 g/mol. The summed E-state index contributed by atoms with van der Waals surface area (Å²) in [7, 11) is -4.07. The number of nitrogens with zero attached hydrogens (tertiary/aromatic N) is 4. The van der Waals surface area contributed by atoms with Crippen LogP contribution in [0.1, 0.15) is 38.8 Å². The summed E-state index contributed by atoms with van der Waals surface area (Å²) in [6, 6.07) is 12.5. The van der Waals surface area contributed by atoms with Gasteiger partial charge in [0.05, 0.1) is 23.5 Å². The van der Waals surface area contributed by atoms with Gasteiger partial charge in [0.25, 0.3) is 0 Å². The van der Waals surface area contributed by atoms with Gasteiger partial charge in [-0.2, -0.15) is 18.8 Å². The molecule has 172 valence electrons. The van der Waals surface area contributed by atoms with Gasteiger partial charge in [0.1, 0.15) is 11.8 Å². The lowest BCUT2D eigenvalue weighted by Gasteiger charge is -2.24. The first-order chi connectivity index (χ1) is 14.9. The molecule has 32 heavy (non-hydrogen) atoms. The van der Waals surface area contributed by atoms with Crippen molar-refractivity contribution < 1.29 is 16.8 Å². The summed E-state index contributed by atoms with van der Waals surface area (Å²) in [5.74, 6) is 0. The number of hydrogen-bond donors (Lipinski definition) is 0. The van der Waals surface area contributed by atoms with E-state index in [0.29, 0.717) is 35.1 Å². The molecule has 0 bridgehead atoms. The maximum absolute atomic E-state index is 11.9. The third-order valence-corrected chi connectivity index (χ3v) is 5.61. The molecule has 0 saturated carbocycles. The average molecular weight is 479 g/mol. The molecule has 2 rings (SSSR count). The van der Waals surface area contributed by atoms with Crippen LogP contribution < -0.4 is 4.90 Å². The molecule has 10 heteroatoms. The number of halogens is 1. The van der Waals surface area contributed by atoms with Gasteiger partial charge in [-0.1, -0.05) is 11.6 Å². The molecular formula is C22H27ClN4O4S. The molecule has 0 saturated heterocycles. The zero-order chi connectivity index (χ0) is 23.9. The summed E-state index contributed by atoms with van der Waals surface area (Å²) in [6.07, 6.45) is 0. The number of anilines is 1. The topological polar surface area (TPSA) is 104 Å². The first-order valence-electron chi connectivity index (χ1n) is 10.0. The lowest BCUT2D eigenvalue weighted by atomic mass is 10.1. The Labute approximate surface area is 194 Å². The molecule has 0 amide bonds. The Bertz CT molecular complexity index is 1120. The molecule has 0 radical (unpaired) electrons. The Balaban J connectivity index is 2.09. The molecule has 0 aromatic heterocycles. The van der Waals surface area contributed by atoms with Crippen molar-refractivity contribution in [3.8, 4) is 6.07 Å². The van der Waals surface area contributed by atoms with Gasteiger partial charge in [0.15, 0.2) is 0 Å². The summed E-state index contributed by atoms with van der Waals surface area (Å²) < 4.78 is 33.7. The summed E-state index contributed by atoms with van der Waals surface area (Å²) in [5, 5.41) is 18.1. The number of hydrogen-bond acceptors (Lipinski definition) is 8. The van der Waals surface area contributed by atoms with E-state index < -0.39 is 16.0 Å². The monoisotopic (exact) mass is 478 g/mol. The van der Waals surface area contributed by atoms with Crippen molar-refractivity contribution in [1.29, 1.82) is 5.26 Å². The van der Waals surface area contributed by atoms with E-state index >= 15 is 0 Å². The first kappa shape index (κ1) is 25.7. The van der Waals surface area contributed by atoms with Gasteiger partial charge in [0.2, 0.25) is 0 Å². The van der Waals surface area contributed by atoms with E-state index in [0.717, 1.165) is 11.3 Å². The second-order valence-electron chi connectivity index (χ2n) is 7.95. The van der Waals surface area contributed by atoms with Crippen molar-refractivity contribution in [2.75, 3.05) is 24.6 Å². The van der Waals surface area contributed by atoms with Crippen LogP contribution in [0.15, 0.2) is 46.6 Å². The summed E-state index contributed by atoms with van der Waals surface area (Å²) in [5.41, 5.74) is 2.33. The van der Waals surface area contributed by atoms with Crippen LogP contribution in [0.4, 0.5) is 17.1 Å². The van der Waals surface area contributed by atoms with Gasteiger partial charge >= 0.3 is 10.4 Å². The highest BCUT2D eigenvalue weighted by Crippen LogP contribution is 2.29. The molecule has 0 atom stereocenters. The van der Waals surface area contributed by atoms with Crippen molar-refractivity contribution in [1.82, 2.24) is 0 Å². The molecule has 0 heterocycles. The van der Waals surface area contributed by atoms with Gasteiger partial charge in [-0.05, 0) is 76.6 Å². The highest BCUT2D eigenvalue weighted by molar-refractivity contribution is 7.81. The van der Waals surface area contributed by atoms with Crippen LogP contribution in [0, 0.1) is 18.3 Å². The van der Waals surface area contributed by atoms with Crippen molar-refractivity contribution >= 4 is 39.1 Å². The smallest absolute Gasteiger partial charge is 0.369 e. The predicted octanol–water partition coefficient (Wildman–Crippen LogP) is 5.84. The molecule has 0 aliphatic carbocycles. The normalized spacial score (nSPS) is 12.2. The highest BCUT2D eigenvalue weighted by atomic mass is 35.5. The molecule has 2 aromatic rings. The van der Waals surface area contributed by atoms with Crippen LogP contribution in [0.25, 0.3) is 0 Å². The van der Waals surface area contributed by atoms with E-state index in [4.69, 9.17) is 20.0 Å². The third-order valence-electron chi connectivity index (χ3n) is 4.21. The lowest BCUT2D eigenvalue weighted by molar-refractivity contribution is 0.104. The number of likely N-dealkylation sites (N-methyl/N-ethyl adjacent to an activating group) is 1. The zero-order valence-electron chi connectivity index (χ0n) is 18.8. The first-order valence-corrected chi connectivity index (χ1v) is 11.7. The Morgan fingerprint density at radius 3 is 2.41 bits per heavy atom. The maximum Gasteiger partial charge on any atom is 0.400 e. The number of nitriles is 1. The summed E-state index contributed by atoms with van der Waals surface area (Å²) >= 11 is 5.99. The average Bonchev–Trinajstić information content (AvgIpc) is 2.68. The third kappa shape index (κ3) is 7.88. The second-order valence-corrected chi connectivity index (χ2v) is 9.60. The standard InChI is InChI=1S/C22H27ClN4O4S/c1-6-27(11-12-30-32(28,29)31-22(3,4)5)19-9-10-20(16(2)13-19)25-26-21-14-18(23)8-7-17(21)15-24/h7-10,13-14H,6,11-12H2,1-5H3. The van der Waals surface area contributed by atoms with Gasteiger partial charge in [-0.3, -0.25) is 0 Å². The van der Waals surface area contributed by atoms with Crippen LogP contribution in [-0.4, -0.2) is 33.7 Å². The Hall–Kier alpha value is -2.51. The van der Waals surface area contributed by atoms with Crippen LogP contribution in [0.5, 0.6) is 0 Å². The molecule has 0 unspecified atom stereocenters. The Kier molecular flexibility index (Phi) is 8.75. The lowest BCUT2D eigenvalue weighted by Crippen LogP contribution is -2.30. The molecule has 0 aliphatic rings. The van der Waals surface area contributed by atoms with Gasteiger partial charge in [0, 0.05) is 23.8 Å². The van der Waals surface area contributed by atoms with Gasteiger partial charge < -0.3 is 4.90 Å². The maximum atomic E-state index is 11.9. The Morgan fingerprint density at radius 2 is 1.81 bits per heavy atom. The molecule has 2 aromatic carbocycles. The van der Waals surface area contributed by atoms with Crippen LogP contribution in [-0.2, 0) is 18.8 Å². The van der Waals surface area contributed by atoms with E-state index in [2.05, 4.69) is 16.3 Å². The van der Waals surface area contributed by atoms with E-state index in [9.17, 15) is 13.7 Å². The minimum atomic E-state index is -4.07. The number of rotatable bonds is 9. The fourth-order valence-electron chi connectivity index (χ4n) is 2.79. The van der Waals surface area contributed by atoms with E-state index in [1.807, 2.05) is 36.9 Å². The van der Waals surface area contributed by atoms with E-state index in [-0.39, 0.29) is 6.61 Å². The quantitative estimate of drug-likeness (QED) is 0.419. The number of benzene rings is 2. The number of aryl methyl sites for hydroxylation is 1. The molecule has 0 fully saturated rings. The van der Waals surface area contributed by atoms with Crippen LogP contribution >= 0.6 is 11.6 Å². The Morgan fingerprint density at radius 1 is 1.12 bits per heavy atom. The highest BCUT2D eigenvalue weighted by Gasteiger charge is 2.23. The predicted molar refractivity (Wildman–Crippen MR) is 125 cm³/mol. The van der Waals surface area contributed by atoms with Crippen molar-refractivity contribution in [2.45, 2.75) is 40.2 Å².